The number of nitrogens with zero attached hydrogens (tertiary/aromatic N) is 4. The Hall–Kier alpha value is -3.26. The molecule has 3 aromatic heterocycles. The maximum atomic E-state index is 12.2. The molecule has 0 bridgehead atoms. The first-order valence-corrected chi connectivity index (χ1v) is 8.82. The Morgan fingerprint density at radius 3 is 2.96 bits per heavy atom. The van der Waals surface area contributed by atoms with E-state index in [0.29, 0.717) is 17.4 Å². The minimum Gasteiger partial charge on any atom is -0.333 e. The second kappa shape index (κ2) is 6.93. The highest BCUT2D eigenvalue weighted by molar-refractivity contribution is 7.13. The number of thiophene rings is 1. The predicted octanol–water partition coefficient (Wildman–Crippen LogP) is 3.61. The number of hydrogen-bond donors (Lipinski definition) is 1. The Bertz CT molecular complexity index is 1040. The van der Waals surface area contributed by atoms with E-state index >= 15 is 0 Å². The van der Waals surface area contributed by atoms with Crippen LogP contribution in [0.1, 0.15) is 5.56 Å². The average Bonchev–Trinajstić information content (AvgIpc) is 3.37. The van der Waals surface area contributed by atoms with E-state index in [1.165, 1.54) is 11.3 Å². The zero-order chi connectivity index (χ0) is 17.9. The number of anilines is 1. The molecule has 4 aromatic rings. The number of rotatable bonds is 5. The highest BCUT2D eigenvalue weighted by atomic mass is 32.1. The number of benzene rings is 1. The van der Waals surface area contributed by atoms with Gasteiger partial charge in [-0.3, -0.25) is 4.79 Å². The van der Waals surface area contributed by atoms with Crippen LogP contribution in [0, 0.1) is 6.92 Å². The van der Waals surface area contributed by atoms with Crippen molar-refractivity contribution in [2.24, 2.45) is 0 Å². The minimum absolute atomic E-state index is 0.129. The summed E-state index contributed by atoms with van der Waals surface area (Å²) in [6.07, 6.45) is 3.30. The number of carbonyl (C=O) groups excluding carboxylic acids is 1. The molecule has 0 spiro atoms. The van der Waals surface area contributed by atoms with Gasteiger partial charge in [0, 0.05) is 11.9 Å². The van der Waals surface area contributed by atoms with E-state index < -0.39 is 0 Å². The molecule has 1 amide bonds. The Morgan fingerprint density at radius 1 is 1.27 bits per heavy atom. The second-order valence-corrected chi connectivity index (χ2v) is 6.64. The third-order valence-corrected chi connectivity index (χ3v) is 4.62. The molecular weight excluding hydrogens is 350 g/mol. The van der Waals surface area contributed by atoms with Gasteiger partial charge in [-0.1, -0.05) is 29.4 Å². The summed E-state index contributed by atoms with van der Waals surface area (Å²) in [7, 11) is 0. The van der Waals surface area contributed by atoms with Gasteiger partial charge in [-0.05, 0) is 30.0 Å². The Labute approximate surface area is 153 Å². The number of para-hydroxylation sites is 1. The van der Waals surface area contributed by atoms with Crippen molar-refractivity contribution in [2.45, 2.75) is 13.5 Å². The SMILES string of the molecule is Cc1ccccc1NC(=O)Cn1cnc(-c2noc(-c3cccs3)n2)c1. The van der Waals surface area contributed by atoms with Crippen molar-refractivity contribution in [3.8, 4) is 22.3 Å². The fourth-order valence-electron chi connectivity index (χ4n) is 2.46. The van der Waals surface area contributed by atoms with E-state index in [9.17, 15) is 4.79 Å². The molecule has 0 aliphatic carbocycles. The second-order valence-electron chi connectivity index (χ2n) is 5.69. The van der Waals surface area contributed by atoms with Gasteiger partial charge in [-0.25, -0.2) is 4.98 Å². The third kappa shape index (κ3) is 3.40. The molecule has 7 nitrogen and oxygen atoms in total. The number of aromatic nitrogens is 4. The maximum Gasteiger partial charge on any atom is 0.268 e. The van der Waals surface area contributed by atoms with Crippen molar-refractivity contribution in [3.05, 3.63) is 59.9 Å². The zero-order valence-electron chi connectivity index (χ0n) is 13.9. The monoisotopic (exact) mass is 365 g/mol. The molecule has 0 atom stereocenters. The quantitative estimate of drug-likeness (QED) is 0.584. The van der Waals surface area contributed by atoms with Crippen LogP contribution < -0.4 is 5.32 Å². The standard InChI is InChI=1S/C18H15N5O2S/c1-12-5-2-3-6-13(12)20-16(24)10-23-9-14(19-11-23)17-21-18(25-22-17)15-7-4-8-26-15/h2-9,11H,10H2,1H3,(H,20,24). The van der Waals surface area contributed by atoms with Crippen LogP contribution in [0.5, 0.6) is 0 Å². The van der Waals surface area contributed by atoms with Gasteiger partial charge in [-0.2, -0.15) is 4.98 Å². The molecule has 130 valence electrons. The van der Waals surface area contributed by atoms with Gasteiger partial charge in [0.05, 0.1) is 11.2 Å². The van der Waals surface area contributed by atoms with Crippen LogP contribution >= 0.6 is 11.3 Å². The van der Waals surface area contributed by atoms with Crippen LogP contribution in [0.3, 0.4) is 0 Å². The largest absolute Gasteiger partial charge is 0.333 e. The summed E-state index contributed by atoms with van der Waals surface area (Å²) in [5, 5.41) is 8.80. The van der Waals surface area contributed by atoms with Crippen molar-refractivity contribution in [2.75, 3.05) is 5.32 Å². The lowest BCUT2D eigenvalue weighted by Crippen LogP contribution is -2.18. The van der Waals surface area contributed by atoms with Gasteiger partial charge >= 0.3 is 0 Å². The highest BCUT2D eigenvalue weighted by Gasteiger charge is 2.14. The van der Waals surface area contributed by atoms with E-state index in [0.717, 1.165) is 16.1 Å². The Morgan fingerprint density at radius 2 is 2.15 bits per heavy atom. The lowest BCUT2D eigenvalue weighted by Gasteiger charge is -2.08. The molecule has 0 unspecified atom stereocenters. The number of hydrogen-bond acceptors (Lipinski definition) is 6. The van der Waals surface area contributed by atoms with Crippen LogP contribution in [0.4, 0.5) is 5.69 Å². The molecule has 0 saturated carbocycles. The molecule has 1 aromatic carbocycles. The molecule has 1 N–H and O–H groups in total. The van der Waals surface area contributed by atoms with Crippen molar-refractivity contribution in [1.82, 2.24) is 19.7 Å². The van der Waals surface area contributed by atoms with Crippen LogP contribution in [0.2, 0.25) is 0 Å². The van der Waals surface area contributed by atoms with E-state index in [1.807, 2.05) is 48.7 Å². The van der Waals surface area contributed by atoms with Crippen LogP contribution in [0.25, 0.3) is 22.3 Å². The summed E-state index contributed by atoms with van der Waals surface area (Å²) < 4.78 is 6.95. The molecule has 0 saturated heterocycles. The Kier molecular flexibility index (Phi) is 4.32. The third-order valence-electron chi connectivity index (χ3n) is 3.77. The smallest absolute Gasteiger partial charge is 0.268 e. The average molecular weight is 365 g/mol. The van der Waals surface area contributed by atoms with E-state index in [2.05, 4.69) is 20.4 Å². The van der Waals surface area contributed by atoms with Gasteiger partial charge in [0.2, 0.25) is 11.7 Å². The molecule has 26 heavy (non-hydrogen) atoms. The predicted molar refractivity (Wildman–Crippen MR) is 98.6 cm³/mol. The van der Waals surface area contributed by atoms with Crippen molar-refractivity contribution < 1.29 is 9.32 Å². The number of imidazole rings is 1. The molecule has 0 aliphatic rings. The molecule has 0 fully saturated rings. The number of amides is 1. The van der Waals surface area contributed by atoms with E-state index in [-0.39, 0.29) is 12.5 Å². The topological polar surface area (TPSA) is 85.8 Å². The number of carbonyl (C=O) groups is 1. The number of aryl methyl sites for hydroxylation is 1. The van der Waals surface area contributed by atoms with Gasteiger partial charge in [-0.15, -0.1) is 11.3 Å². The molecule has 0 aliphatic heterocycles. The van der Waals surface area contributed by atoms with Gasteiger partial charge in [0.25, 0.3) is 5.89 Å². The maximum absolute atomic E-state index is 12.2. The van der Waals surface area contributed by atoms with Crippen molar-refractivity contribution in [3.63, 3.8) is 0 Å². The molecule has 3 heterocycles. The van der Waals surface area contributed by atoms with Crippen molar-refractivity contribution >= 4 is 22.9 Å². The molecule has 4 rings (SSSR count). The van der Waals surface area contributed by atoms with Gasteiger partial charge < -0.3 is 14.4 Å². The summed E-state index contributed by atoms with van der Waals surface area (Å²) in [4.78, 5) is 21.7. The summed E-state index contributed by atoms with van der Waals surface area (Å²) in [6, 6.07) is 11.5. The van der Waals surface area contributed by atoms with Crippen LogP contribution in [0.15, 0.2) is 58.8 Å². The van der Waals surface area contributed by atoms with Crippen LogP contribution in [-0.2, 0) is 11.3 Å². The fourth-order valence-corrected chi connectivity index (χ4v) is 3.10. The normalized spacial score (nSPS) is 10.8. The van der Waals surface area contributed by atoms with Gasteiger partial charge in [0.1, 0.15) is 12.2 Å². The minimum atomic E-state index is -0.129. The molecule has 0 radical (unpaired) electrons. The summed E-state index contributed by atoms with van der Waals surface area (Å²) >= 11 is 1.53. The number of nitrogens with one attached hydrogen (secondary N) is 1. The van der Waals surface area contributed by atoms with Gasteiger partial charge in [0.15, 0.2) is 0 Å². The molecule has 8 heteroatoms. The zero-order valence-corrected chi connectivity index (χ0v) is 14.7. The van der Waals surface area contributed by atoms with E-state index in [4.69, 9.17) is 4.52 Å². The summed E-state index contributed by atoms with van der Waals surface area (Å²) in [6.45, 7) is 2.10. The lowest BCUT2D eigenvalue weighted by molar-refractivity contribution is -0.116. The first kappa shape index (κ1) is 16.2. The van der Waals surface area contributed by atoms with Crippen molar-refractivity contribution in [1.29, 1.82) is 0 Å². The lowest BCUT2D eigenvalue weighted by atomic mass is 10.2. The Balaban J connectivity index is 1.45. The first-order valence-electron chi connectivity index (χ1n) is 7.94. The fraction of sp³-hybridized carbons (Fsp3) is 0.111. The summed E-state index contributed by atoms with van der Waals surface area (Å²) in [5.74, 6) is 0.726. The molecular formula is C18H15N5O2S. The van der Waals surface area contributed by atoms with E-state index in [1.54, 1.807) is 17.1 Å². The van der Waals surface area contributed by atoms with Crippen LogP contribution in [-0.4, -0.2) is 25.6 Å². The summed E-state index contributed by atoms with van der Waals surface area (Å²) in [5.41, 5.74) is 2.37. The highest BCUT2D eigenvalue weighted by Crippen LogP contribution is 2.25. The first-order chi connectivity index (χ1) is 12.7.